The summed E-state index contributed by atoms with van der Waals surface area (Å²) in [5.41, 5.74) is 0.294. The van der Waals surface area contributed by atoms with Crippen LogP contribution in [0.2, 0.25) is 0 Å². The summed E-state index contributed by atoms with van der Waals surface area (Å²) in [6.45, 7) is 8.40. The highest BCUT2D eigenvalue weighted by atomic mass is 19.1. The molecule has 5 rings (SSSR count). The van der Waals surface area contributed by atoms with Crippen LogP contribution in [0.25, 0.3) is 16.9 Å². The third-order valence-corrected chi connectivity index (χ3v) is 6.49. The van der Waals surface area contributed by atoms with Crippen molar-refractivity contribution in [2.75, 3.05) is 38.1 Å². The molecule has 0 bridgehead atoms. The second-order valence-corrected chi connectivity index (χ2v) is 10.4. The van der Waals surface area contributed by atoms with Crippen LogP contribution in [0.5, 0.6) is 0 Å². The Morgan fingerprint density at radius 1 is 1.13 bits per heavy atom. The van der Waals surface area contributed by atoms with Gasteiger partial charge >= 0.3 is 6.09 Å². The number of nitriles is 1. The first-order valence-electron chi connectivity index (χ1n) is 12.3. The number of piperazine rings is 1. The van der Waals surface area contributed by atoms with Gasteiger partial charge in [0.2, 0.25) is 0 Å². The Morgan fingerprint density at radius 3 is 2.55 bits per heavy atom. The number of rotatable bonds is 3. The van der Waals surface area contributed by atoms with Crippen molar-refractivity contribution in [2.45, 2.75) is 32.9 Å². The van der Waals surface area contributed by atoms with E-state index in [1.807, 2.05) is 12.1 Å². The molecule has 38 heavy (non-hydrogen) atoms. The number of ether oxygens (including phenoxy) is 1. The van der Waals surface area contributed by atoms with Crippen molar-refractivity contribution in [1.82, 2.24) is 24.6 Å². The number of fused-ring (bicyclic) bond motifs is 1. The molecule has 3 aromatic rings. The van der Waals surface area contributed by atoms with Crippen LogP contribution in [-0.4, -0.2) is 75.4 Å². The molecule has 1 aromatic carbocycles. The normalized spacial score (nSPS) is 15.9. The number of aromatic nitrogens is 3. The van der Waals surface area contributed by atoms with Crippen molar-refractivity contribution in [1.29, 1.82) is 5.26 Å². The minimum absolute atomic E-state index is 0.0219. The third kappa shape index (κ3) is 4.70. The Labute approximate surface area is 219 Å². The molecular weight excluding hydrogens is 489 g/mol. The largest absolute Gasteiger partial charge is 0.443 e. The van der Waals surface area contributed by atoms with Crippen molar-refractivity contribution in [3.63, 3.8) is 0 Å². The van der Waals surface area contributed by atoms with Crippen molar-refractivity contribution >= 4 is 17.8 Å². The lowest BCUT2D eigenvalue weighted by Gasteiger charge is -2.32. The fourth-order valence-corrected chi connectivity index (χ4v) is 4.59. The molecule has 2 aliphatic rings. The Bertz CT molecular complexity index is 1460. The maximum atomic E-state index is 15.0. The molecule has 0 aliphatic carbocycles. The van der Waals surface area contributed by atoms with E-state index < -0.39 is 23.4 Å². The quantitative estimate of drug-likeness (QED) is 0.519. The van der Waals surface area contributed by atoms with E-state index in [0.29, 0.717) is 5.69 Å². The Hall–Kier alpha value is -4.30. The summed E-state index contributed by atoms with van der Waals surface area (Å²) in [5.74, 6) is -0.452. The number of carbonyl (C=O) groups is 2. The zero-order chi connectivity index (χ0) is 27.2. The Balaban J connectivity index is 1.62. The van der Waals surface area contributed by atoms with E-state index in [1.54, 1.807) is 31.6 Å². The average Bonchev–Trinajstić information content (AvgIpc) is 3.48. The molecule has 196 valence electrons. The van der Waals surface area contributed by atoms with Crippen LogP contribution in [0.1, 0.15) is 42.4 Å². The molecule has 0 atom stereocenters. The van der Waals surface area contributed by atoms with Gasteiger partial charge in [0.05, 0.1) is 46.4 Å². The first-order valence-corrected chi connectivity index (χ1v) is 12.3. The number of anilines is 1. The van der Waals surface area contributed by atoms with Crippen LogP contribution >= 0.6 is 0 Å². The van der Waals surface area contributed by atoms with Gasteiger partial charge < -0.3 is 14.5 Å². The second-order valence-electron chi connectivity index (χ2n) is 10.4. The molecule has 0 saturated carbocycles. The minimum Gasteiger partial charge on any atom is -0.443 e. The summed E-state index contributed by atoms with van der Waals surface area (Å²) in [5, 5.41) is 14.3. The molecule has 10 nitrogen and oxygen atoms in total. The van der Waals surface area contributed by atoms with Gasteiger partial charge in [0.1, 0.15) is 11.4 Å². The number of imide groups is 1. The van der Waals surface area contributed by atoms with Gasteiger partial charge in [0.15, 0.2) is 5.82 Å². The fraction of sp³-hybridized carbons (Fsp3) is 0.370. The van der Waals surface area contributed by atoms with E-state index in [2.05, 4.69) is 21.8 Å². The molecule has 2 amide bonds. The van der Waals surface area contributed by atoms with E-state index in [-0.39, 0.29) is 34.6 Å². The van der Waals surface area contributed by atoms with E-state index in [0.717, 1.165) is 36.9 Å². The highest BCUT2D eigenvalue weighted by Crippen LogP contribution is 2.34. The van der Waals surface area contributed by atoms with Gasteiger partial charge in [-0.15, -0.1) is 0 Å². The molecular formula is C27H28FN7O3. The summed E-state index contributed by atoms with van der Waals surface area (Å²) >= 11 is 0. The van der Waals surface area contributed by atoms with E-state index in [1.165, 1.54) is 24.3 Å². The Morgan fingerprint density at radius 2 is 1.87 bits per heavy atom. The predicted molar refractivity (Wildman–Crippen MR) is 137 cm³/mol. The van der Waals surface area contributed by atoms with E-state index in [4.69, 9.17) is 9.84 Å². The van der Waals surface area contributed by atoms with Crippen LogP contribution in [0.4, 0.5) is 15.0 Å². The standard InChI is InChI=1S/C27H28FN7O3/c1-27(2,3)38-26(37)34-16-20-24(25(34)36)21(14-19(30-20)23-17(15-29)6-5-7-18(23)28)35-9-8-22(31-35)33-12-10-32(4)11-13-33/h5-9,14H,10-13,16H2,1-4H3. The lowest BCUT2D eigenvalue weighted by atomic mass is 10.0. The van der Waals surface area contributed by atoms with Crippen molar-refractivity contribution in [3.05, 3.63) is 59.2 Å². The predicted octanol–water partition coefficient (Wildman–Crippen LogP) is 3.59. The van der Waals surface area contributed by atoms with Gasteiger partial charge in [-0.2, -0.15) is 10.4 Å². The summed E-state index contributed by atoms with van der Waals surface area (Å²) < 4.78 is 22.0. The number of carbonyl (C=O) groups excluding carboxylic acids is 2. The molecule has 0 spiro atoms. The first-order chi connectivity index (χ1) is 18.1. The molecule has 1 fully saturated rings. The van der Waals surface area contributed by atoms with Crippen LogP contribution < -0.4 is 4.90 Å². The molecule has 0 unspecified atom stereocenters. The van der Waals surface area contributed by atoms with Crippen LogP contribution in [0.15, 0.2) is 36.5 Å². The topological polar surface area (TPSA) is 108 Å². The van der Waals surface area contributed by atoms with E-state index >= 15 is 0 Å². The maximum Gasteiger partial charge on any atom is 0.417 e. The highest BCUT2D eigenvalue weighted by molar-refractivity contribution is 6.08. The molecule has 1 saturated heterocycles. The van der Waals surface area contributed by atoms with Crippen LogP contribution in [0, 0.1) is 17.1 Å². The van der Waals surface area contributed by atoms with Crippen LogP contribution in [-0.2, 0) is 11.3 Å². The summed E-state index contributed by atoms with van der Waals surface area (Å²) in [6.07, 6.45) is 0.929. The van der Waals surface area contributed by atoms with Gasteiger partial charge in [-0.3, -0.25) is 4.79 Å². The molecule has 2 aliphatic heterocycles. The van der Waals surface area contributed by atoms with Crippen molar-refractivity contribution in [2.24, 2.45) is 0 Å². The molecule has 0 radical (unpaired) electrons. The van der Waals surface area contributed by atoms with Crippen LogP contribution in [0.3, 0.4) is 0 Å². The monoisotopic (exact) mass is 517 g/mol. The van der Waals surface area contributed by atoms with Gasteiger partial charge in [0.25, 0.3) is 5.91 Å². The lowest BCUT2D eigenvalue weighted by Crippen LogP contribution is -2.44. The number of halogens is 1. The number of hydrogen-bond acceptors (Lipinski definition) is 8. The average molecular weight is 518 g/mol. The zero-order valence-corrected chi connectivity index (χ0v) is 21.7. The third-order valence-electron chi connectivity index (χ3n) is 6.49. The van der Waals surface area contributed by atoms with Gasteiger partial charge in [-0.1, -0.05) is 6.07 Å². The van der Waals surface area contributed by atoms with Gasteiger partial charge in [-0.25, -0.2) is 23.8 Å². The second kappa shape index (κ2) is 9.54. The fourth-order valence-electron chi connectivity index (χ4n) is 4.59. The number of benzene rings is 1. The number of amides is 2. The Kier molecular flexibility index (Phi) is 6.36. The smallest absolute Gasteiger partial charge is 0.417 e. The van der Waals surface area contributed by atoms with E-state index in [9.17, 15) is 19.2 Å². The highest BCUT2D eigenvalue weighted by Gasteiger charge is 2.39. The molecule has 4 heterocycles. The SMILES string of the molecule is CN1CCN(c2ccn(-c3cc(-c4c(F)cccc4C#N)nc4c3C(=O)N(C(=O)OC(C)(C)C)C4)n2)CC1. The number of likely N-dealkylation sites (N-methyl/N-ethyl adjacent to an activating group) is 1. The van der Waals surface area contributed by atoms with Gasteiger partial charge in [0, 0.05) is 38.4 Å². The maximum absolute atomic E-state index is 15.0. The van der Waals surface area contributed by atoms with Crippen molar-refractivity contribution < 1.29 is 18.7 Å². The summed E-state index contributed by atoms with van der Waals surface area (Å²) in [7, 11) is 2.07. The molecule has 11 heteroatoms. The molecule has 0 N–H and O–H groups in total. The lowest BCUT2D eigenvalue weighted by molar-refractivity contribution is 0.0247. The summed E-state index contributed by atoms with van der Waals surface area (Å²) in [4.78, 5) is 36.3. The minimum atomic E-state index is -0.804. The van der Waals surface area contributed by atoms with Gasteiger partial charge in [-0.05, 0) is 46.0 Å². The number of nitrogens with zero attached hydrogens (tertiary/aromatic N) is 7. The molecule has 2 aromatic heterocycles. The van der Waals surface area contributed by atoms with Crippen molar-refractivity contribution in [3.8, 4) is 23.0 Å². The number of hydrogen-bond donors (Lipinski definition) is 0. The number of pyridine rings is 1. The summed E-state index contributed by atoms with van der Waals surface area (Å²) in [6, 6.07) is 9.61. The first kappa shape index (κ1) is 25.4. The zero-order valence-electron chi connectivity index (χ0n) is 21.7.